The largest absolute Gasteiger partial charge is 0.342 e. The van der Waals surface area contributed by atoms with E-state index in [4.69, 9.17) is 11.6 Å². The number of carbonyl (C=O) groups is 2. The first-order valence-corrected chi connectivity index (χ1v) is 8.78. The van der Waals surface area contributed by atoms with Crippen LogP contribution in [0.2, 0.25) is 5.02 Å². The zero-order valence-corrected chi connectivity index (χ0v) is 14.2. The first-order chi connectivity index (χ1) is 11.0. The van der Waals surface area contributed by atoms with Crippen molar-refractivity contribution >= 4 is 29.1 Å². The van der Waals surface area contributed by atoms with E-state index in [-0.39, 0.29) is 17.7 Å². The molecule has 1 saturated heterocycles. The molecule has 1 aliphatic carbocycles. The van der Waals surface area contributed by atoms with Crippen molar-refractivity contribution < 1.29 is 9.59 Å². The van der Waals surface area contributed by atoms with Gasteiger partial charge in [0.25, 0.3) is 0 Å². The summed E-state index contributed by atoms with van der Waals surface area (Å²) in [7, 11) is 0. The van der Waals surface area contributed by atoms with Crippen LogP contribution in [0.15, 0.2) is 18.2 Å². The molecule has 0 radical (unpaired) electrons. The van der Waals surface area contributed by atoms with Crippen LogP contribution in [0.3, 0.4) is 0 Å². The van der Waals surface area contributed by atoms with Gasteiger partial charge >= 0.3 is 0 Å². The maximum atomic E-state index is 12.4. The summed E-state index contributed by atoms with van der Waals surface area (Å²) in [6.07, 6.45) is 4.74. The van der Waals surface area contributed by atoms with Crippen LogP contribution in [0, 0.1) is 18.8 Å². The third kappa shape index (κ3) is 3.69. The highest BCUT2D eigenvalue weighted by atomic mass is 35.5. The number of nitrogens with zero attached hydrogens (tertiary/aromatic N) is 1. The number of carbonyl (C=O) groups excluding carboxylic acids is 2. The highest BCUT2D eigenvalue weighted by molar-refractivity contribution is 6.30. The Morgan fingerprint density at radius 3 is 2.39 bits per heavy atom. The summed E-state index contributed by atoms with van der Waals surface area (Å²) < 4.78 is 0. The Kier molecular flexibility index (Phi) is 4.90. The highest BCUT2D eigenvalue weighted by Gasteiger charge is 2.33. The van der Waals surface area contributed by atoms with E-state index in [1.807, 2.05) is 24.0 Å². The Morgan fingerprint density at radius 1 is 1.13 bits per heavy atom. The number of anilines is 1. The normalized spacial score (nSPS) is 19.3. The molecule has 0 aromatic heterocycles. The lowest BCUT2D eigenvalue weighted by atomic mass is 9.83. The van der Waals surface area contributed by atoms with E-state index < -0.39 is 0 Å². The Labute approximate surface area is 142 Å². The summed E-state index contributed by atoms with van der Waals surface area (Å²) in [5.41, 5.74) is 1.77. The number of benzene rings is 1. The Bertz CT molecular complexity index is 605. The Hall–Kier alpha value is -1.55. The topological polar surface area (TPSA) is 49.4 Å². The van der Waals surface area contributed by atoms with Gasteiger partial charge in [0.1, 0.15) is 0 Å². The summed E-state index contributed by atoms with van der Waals surface area (Å²) in [6, 6.07) is 5.46. The van der Waals surface area contributed by atoms with Crippen LogP contribution in [-0.4, -0.2) is 29.8 Å². The molecule has 2 amide bonds. The van der Waals surface area contributed by atoms with Crippen molar-refractivity contribution in [3.8, 4) is 0 Å². The molecule has 124 valence electrons. The second kappa shape index (κ2) is 6.91. The van der Waals surface area contributed by atoms with Gasteiger partial charge in [-0.05, 0) is 56.4 Å². The number of amides is 2. The van der Waals surface area contributed by atoms with Gasteiger partial charge in [-0.15, -0.1) is 0 Å². The average molecular weight is 335 g/mol. The van der Waals surface area contributed by atoms with Gasteiger partial charge in [-0.25, -0.2) is 0 Å². The van der Waals surface area contributed by atoms with Crippen molar-refractivity contribution in [3.05, 3.63) is 28.8 Å². The molecule has 3 rings (SSSR count). The van der Waals surface area contributed by atoms with Crippen LogP contribution >= 0.6 is 11.6 Å². The molecule has 2 fully saturated rings. The first kappa shape index (κ1) is 16.3. The van der Waals surface area contributed by atoms with Crippen molar-refractivity contribution in [2.45, 2.75) is 39.0 Å². The molecule has 4 nitrogen and oxygen atoms in total. The summed E-state index contributed by atoms with van der Waals surface area (Å²) in [4.78, 5) is 26.6. The lowest BCUT2D eigenvalue weighted by Gasteiger charge is -2.36. The van der Waals surface area contributed by atoms with E-state index in [0.29, 0.717) is 24.0 Å². The third-order valence-corrected chi connectivity index (χ3v) is 5.31. The molecular weight excluding hydrogens is 312 g/mol. The van der Waals surface area contributed by atoms with Crippen molar-refractivity contribution in [1.29, 1.82) is 0 Å². The number of likely N-dealkylation sites (tertiary alicyclic amines) is 1. The van der Waals surface area contributed by atoms with E-state index in [1.54, 1.807) is 6.07 Å². The SMILES string of the molecule is Cc1cc(Cl)ccc1NC(=O)C1CCN(C(=O)C2CCC2)CC1. The monoisotopic (exact) mass is 334 g/mol. The smallest absolute Gasteiger partial charge is 0.227 e. The molecule has 23 heavy (non-hydrogen) atoms. The molecule has 1 aromatic carbocycles. The molecule has 1 heterocycles. The Balaban J connectivity index is 1.52. The average Bonchev–Trinajstić information content (AvgIpc) is 2.48. The molecule has 1 aromatic rings. The number of rotatable bonds is 3. The molecular formula is C18H23ClN2O2. The molecule has 5 heteroatoms. The van der Waals surface area contributed by atoms with Crippen molar-refractivity contribution in [2.75, 3.05) is 18.4 Å². The van der Waals surface area contributed by atoms with Gasteiger partial charge in [0.05, 0.1) is 0 Å². The number of piperidine rings is 1. The maximum absolute atomic E-state index is 12.4. The molecule has 2 aliphatic rings. The van der Waals surface area contributed by atoms with Crippen LogP contribution < -0.4 is 5.32 Å². The van der Waals surface area contributed by atoms with Gasteiger partial charge in [-0.3, -0.25) is 9.59 Å². The quantitative estimate of drug-likeness (QED) is 0.917. The zero-order valence-electron chi connectivity index (χ0n) is 13.5. The maximum Gasteiger partial charge on any atom is 0.227 e. The number of halogens is 1. The molecule has 0 bridgehead atoms. The lowest BCUT2D eigenvalue weighted by molar-refractivity contribution is -0.140. The fraction of sp³-hybridized carbons (Fsp3) is 0.556. The van der Waals surface area contributed by atoms with Crippen LogP contribution in [-0.2, 0) is 9.59 Å². The predicted molar refractivity (Wildman–Crippen MR) is 91.5 cm³/mol. The first-order valence-electron chi connectivity index (χ1n) is 8.40. The summed E-state index contributed by atoms with van der Waals surface area (Å²) in [5, 5.41) is 3.67. The van der Waals surface area contributed by atoms with Crippen LogP contribution in [0.5, 0.6) is 0 Å². The molecule has 1 saturated carbocycles. The van der Waals surface area contributed by atoms with Crippen LogP contribution in [0.25, 0.3) is 0 Å². The summed E-state index contributed by atoms with van der Waals surface area (Å²) in [6.45, 7) is 3.33. The van der Waals surface area contributed by atoms with Gasteiger partial charge in [-0.2, -0.15) is 0 Å². The number of nitrogens with one attached hydrogen (secondary N) is 1. The summed E-state index contributed by atoms with van der Waals surface area (Å²) >= 11 is 5.94. The zero-order chi connectivity index (χ0) is 16.4. The third-order valence-electron chi connectivity index (χ3n) is 5.08. The highest BCUT2D eigenvalue weighted by Crippen LogP contribution is 2.30. The van der Waals surface area contributed by atoms with Gasteiger partial charge in [0, 0.05) is 35.6 Å². The minimum Gasteiger partial charge on any atom is -0.342 e. The molecule has 0 spiro atoms. The fourth-order valence-electron chi connectivity index (χ4n) is 3.28. The minimum atomic E-state index is -0.0180. The van der Waals surface area contributed by atoms with Gasteiger partial charge in [0.15, 0.2) is 0 Å². The van der Waals surface area contributed by atoms with Gasteiger partial charge < -0.3 is 10.2 Å². The van der Waals surface area contributed by atoms with E-state index in [1.165, 1.54) is 6.42 Å². The second-order valence-electron chi connectivity index (χ2n) is 6.68. The number of hydrogen-bond acceptors (Lipinski definition) is 2. The van der Waals surface area contributed by atoms with Crippen molar-refractivity contribution in [1.82, 2.24) is 4.90 Å². The number of aryl methyl sites for hydroxylation is 1. The molecule has 0 unspecified atom stereocenters. The predicted octanol–water partition coefficient (Wildman–Crippen LogP) is 3.63. The summed E-state index contributed by atoms with van der Waals surface area (Å²) in [5.74, 6) is 0.572. The lowest BCUT2D eigenvalue weighted by Crippen LogP contribution is -2.45. The van der Waals surface area contributed by atoms with Crippen molar-refractivity contribution in [2.24, 2.45) is 11.8 Å². The standard InChI is InChI=1S/C18H23ClN2O2/c1-12-11-15(19)5-6-16(12)20-17(22)13-7-9-21(10-8-13)18(23)14-3-2-4-14/h5-6,11,13-14H,2-4,7-10H2,1H3,(H,20,22). The molecule has 0 atom stereocenters. The van der Waals surface area contributed by atoms with Crippen LogP contribution in [0.4, 0.5) is 5.69 Å². The van der Waals surface area contributed by atoms with Crippen molar-refractivity contribution in [3.63, 3.8) is 0 Å². The van der Waals surface area contributed by atoms with E-state index in [2.05, 4.69) is 5.32 Å². The molecule has 1 aliphatic heterocycles. The minimum absolute atomic E-state index is 0.0180. The fourth-order valence-corrected chi connectivity index (χ4v) is 3.50. The van der Waals surface area contributed by atoms with E-state index in [0.717, 1.165) is 36.9 Å². The van der Waals surface area contributed by atoms with E-state index in [9.17, 15) is 9.59 Å². The van der Waals surface area contributed by atoms with E-state index >= 15 is 0 Å². The number of hydrogen-bond donors (Lipinski definition) is 1. The van der Waals surface area contributed by atoms with Gasteiger partial charge in [0.2, 0.25) is 11.8 Å². The Morgan fingerprint density at radius 2 is 1.83 bits per heavy atom. The molecule has 1 N–H and O–H groups in total. The van der Waals surface area contributed by atoms with Gasteiger partial charge in [-0.1, -0.05) is 18.0 Å². The van der Waals surface area contributed by atoms with Crippen LogP contribution in [0.1, 0.15) is 37.7 Å². The second-order valence-corrected chi connectivity index (χ2v) is 7.11.